The molecule has 2 aromatic carbocycles. The normalized spacial score (nSPS) is 11.3. The van der Waals surface area contributed by atoms with Gasteiger partial charge in [-0.25, -0.2) is 9.97 Å². The van der Waals surface area contributed by atoms with Gasteiger partial charge in [0.2, 0.25) is 0 Å². The van der Waals surface area contributed by atoms with Crippen molar-refractivity contribution in [1.82, 2.24) is 15.0 Å². The topological polar surface area (TPSA) is 53.6 Å². The van der Waals surface area contributed by atoms with E-state index in [-0.39, 0.29) is 0 Å². The number of nitrogens with zero attached hydrogens (tertiary/aromatic N) is 2. The van der Waals surface area contributed by atoms with Gasteiger partial charge in [0.25, 0.3) is 0 Å². The highest BCUT2D eigenvalue weighted by Gasteiger charge is 2.11. The van der Waals surface area contributed by atoms with Crippen LogP contribution in [0.15, 0.2) is 42.7 Å². The second-order valence-electron chi connectivity index (χ2n) is 5.63. The van der Waals surface area contributed by atoms with Crippen LogP contribution in [0.2, 0.25) is 5.02 Å². The largest absolute Gasteiger partial charge is 0.358 e. The van der Waals surface area contributed by atoms with Crippen molar-refractivity contribution >= 4 is 44.9 Å². The molecule has 0 saturated heterocycles. The molecule has 0 atom stereocenters. The summed E-state index contributed by atoms with van der Waals surface area (Å²) in [5, 5.41) is 5.29. The zero-order valence-electron chi connectivity index (χ0n) is 12.8. The molecule has 0 aliphatic carbocycles. The Morgan fingerprint density at radius 1 is 1.04 bits per heavy atom. The molecule has 0 saturated carbocycles. The first-order valence-electron chi connectivity index (χ1n) is 7.38. The van der Waals surface area contributed by atoms with Crippen LogP contribution in [0.4, 0.5) is 11.4 Å². The van der Waals surface area contributed by atoms with E-state index < -0.39 is 0 Å². The summed E-state index contributed by atoms with van der Waals surface area (Å²) in [6, 6.07) is 12.0. The van der Waals surface area contributed by atoms with E-state index in [4.69, 9.17) is 11.6 Å². The molecular formula is C18H15ClN4. The summed E-state index contributed by atoms with van der Waals surface area (Å²) in [6.07, 6.45) is 1.60. The summed E-state index contributed by atoms with van der Waals surface area (Å²) in [6.45, 7) is 4.04. The van der Waals surface area contributed by atoms with Crippen LogP contribution in [0.25, 0.3) is 21.9 Å². The van der Waals surface area contributed by atoms with Crippen molar-refractivity contribution in [2.24, 2.45) is 0 Å². The summed E-state index contributed by atoms with van der Waals surface area (Å²) in [5.74, 6) is 0. The third-order valence-electron chi connectivity index (χ3n) is 4.04. The lowest BCUT2D eigenvalue weighted by molar-refractivity contribution is 1.25. The number of aromatic nitrogens is 3. The predicted molar refractivity (Wildman–Crippen MR) is 95.6 cm³/mol. The number of halogens is 1. The Morgan fingerprint density at radius 2 is 1.91 bits per heavy atom. The van der Waals surface area contributed by atoms with E-state index in [2.05, 4.69) is 26.3 Å². The maximum absolute atomic E-state index is 6.24. The van der Waals surface area contributed by atoms with E-state index in [1.807, 2.05) is 44.2 Å². The summed E-state index contributed by atoms with van der Waals surface area (Å²) < 4.78 is 0. The third kappa shape index (κ3) is 2.32. The van der Waals surface area contributed by atoms with Gasteiger partial charge in [-0.15, -0.1) is 0 Å². The lowest BCUT2D eigenvalue weighted by atomic mass is 10.1. The molecule has 0 unspecified atom stereocenters. The first kappa shape index (κ1) is 14.0. The molecule has 0 spiro atoms. The van der Waals surface area contributed by atoms with E-state index in [9.17, 15) is 0 Å². The van der Waals surface area contributed by atoms with Crippen molar-refractivity contribution in [3.63, 3.8) is 0 Å². The monoisotopic (exact) mass is 322 g/mol. The molecule has 114 valence electrons. The molecular weight excluding hydrogens is 308 g/mol. The van der Waals surface area contributed by atoms with Gasteiger partial charge in [0, 0.05) is 27.3 Å². The number of rotatable bonds is 2. The number of hydrogen-bond donors (Lipinski definition) is 2. The Labute approximate surface area is 138 Å². The maximum Gasteiger partial charge on any atom is 0.116 e. The molecule has 4 rings (SSSR count). The molecule has 0 fully saturated rings. The number of pyridine rings is 1. The highest BCUT2D eigenvalue weighted by molar-refractivity contribution is 6.31. The number of anilines is 2. The van der Waals surface area contributed by atoms with Crippen LogP contribution in [-0.4, -0.2) is 15.0 Å². The fourth-order valence-corrected chi connectivity index (χ4v) is 3.04. The van der Waals surface area contributed by atoms with Crippen molar-refractivity contribution in [2.75, 3.05) is 5.32 Å². The summed E-state index contributed by atoms with van der Waals surface area (Å²) in [5.41, 5.74) is 6.88. The van der Waals surface area contributed by atoms with Gasteiger partial charge in [-0.1, -0.05) is 17.7 Å². The lowest BCUT2D eigenvalue weighted by Crippen LogP contribution is -1.97. The Kier molecular flexibility index (Phi) is 3.20. The summed E-state index contributed by atoms with van der Waals surface area (Å²) in [4.78, 5) is 12.1. The molecule has 5 heteroatoms. The average molecular weight is 323 g/mol. The highest BCUT2D eigenvalue weighted by Crippen LogP contribution is 2.33. The molecule has 4 nitrogen and oxygen atoms in total. The number of fused-ring (bicyclic) bond motifs is 3. The Bertz CT molecular complexity index is 1040. The van der Waals surface area contributed by atoms with Crippen LogP contribution in [0.3, 0.4) is 0 Å². The average Bonchev–Trinajstić information content (AvgIpc) is 3.00. The zero-order chi connectivity index (χ0) is 16.0. The maximum atomic E-state index is 6.24. The Hall–Kier alpha value is -2.59. The van der Waals surface area contributed by atoms with Crippen LogP contribution in [0.1, 0.15) is 11.3 Å². The number of benzene rings is 2. The number of imidazole rings is 1. The SMILES string of the molecule is Cc1cc(Nc2cccc(Cl)c2C)c2c(ccc3ncnc32)[nH]1. The van der Waals surface area contributed by atoms with E-state index in [0.717, 1.165) is 49.6 Å². The molecule has 4 aromatic rings. The molecule has 23 heavy (non-hydrogen) atoms. The minimum absolute atomic E-state index is 0.747. The Morgan fingerprint density at radius 3 is 2.78 bits per heavy atom. The van der Waals surface area contributed by atoms with Crippen molar-refractivity contribution in [2.45, 2.75) is 13.8 Å². The van der Waals surface area contributed by atoms with Gasteiger partial charge < -0.3 is 10.3 Å². The zero-order valence-corrected chi connectivity index (χ0v) is 13.6. The van der Waals surface area contributed by atoms with Gasteiger partial charge in [-0.3, -0.25) is 0 Å². The smallest absolute Gasteiger partial charge is 0.116 e. The van der Waals surface area contributed by atoms with Gasteiger partial charge in [0.05, 0.1) is 11.2 Å². The lowest BCUT2D eigenvalue weighted by Gasteiger charge is -2.14. The molecule has 0 radical (unpaired) electrons. The number of H-pyrrole nitrogens is 1. The van der Waals surface area contributed by atoms with Crippen LogP contribution in [-0.2, 0) is 0 Å². The van der Waals surface area contributed by atoms with E-state index >= 15 is 0 Å². The van der Waals surface area contributed by atoms with Crippen molar-refractivity contribution < 1.29 is 0 Å². The molecule has 2 heterocycles. The van der Waals surface area contributed by atoms with E-state index in [1.165, 1.54) is 0 Å². The quantitative estimate of drug-likeness (QED) is 0.538. The molecule has 0 aliphatic heterocycles. The second-order valence-corrected chi connectivity index (χ2v) is 6.04. The number of nitrogens with one attached hydrogen (secondary N) is 2. The summed E-state index contributed by atoms with van der Waals surface area (Å²) in [7, 11) is 0. The summed E-state index contributed by atoms with van der Waals surface area (Å²) >= 11 is 6.24. The fourth-order valence-electron chi connectivity index (χ4n) is 2.86. The van der Waals surface area contributed by atoms with Crippen molar-refractivity contribution in [3.8, 4) is 0 Å². The van der Waals surface area contributed by atoms with Crippen LogP contribution in [0.5, 0.6) is 0 Å². The van der Waals surface area contributed by atoms with Gasteiger partial charge in [-0.2, -0.15) is 0 Å². The minimum atomic E-state index is 0.747. The van der Waals surface area contributed by atoms with E-state index in [0.29, 0.717) is 0 Å². The molecule has 0 bridgehead atoms. The highest BCUT2D eigenvalue weighted by atomic mass is 35.5. The van der Waals surface area contributed by atoms with Gasteiger partial charge >= 0.3 is 0 Å². The first-order chi connectivity index (χ1) is 11.1. The van der Waals surface area contributed by atoms with Gasteiger partial charge in [0.15, 0.2) is 0 Å². The minimum Gasteiger partial charge on any atom is -0.358 e. The van der Waals surface area contributed by atoms with Crippen LogP contribution in [0, 0.1) is 13.8 Å². The van der Waals surface area contributed by atoms with Gasteiger partial charge in [-0.05, 0) is 49.7 Å². The fraction of sp³-hybridized carbons (Fsp3) is 0.111. The molecule has 2 N–H and O–H groups in total. The van der Waals surface area contributed by atoms with Crippen LogP contribution >= 0.6 is 11.6 Å². The standard InChI is InChI=1S/C18H15ClN4/c1-10-8-16(23-13-5-3-4-12(19)11(13)2)17-14(22-10)6-7-15-18(17)21-9-20-15/h3-9,22-23H,1-2H3. The van der Waals surface area contributed by atoms with Crippen LogP contribution < -0.4 is 5.32 Å². The number of hydrogen-bond acceptors (Lipinski definition) is 3. The van der Waals surface area contributed by atoms with Gasteiger partial charge in [0.1, 0.15) is 11.8 Å². The van der Waals surface area contributed by atoms with Crippen molar-refractivity contribution in [3.05, 3.63) is 59.0 Å². The second kappa shape index (κ2) is 5.25. The predicted octanol–water partition coefficient (Wildman–Crippen LogP) is 5.12. The molecule has 2 aromatic heterocycles. The van der Waals surface area contributed by atoms with Crippen molar-refractivity contribution in [1.29, 1.82) is 0 Å². The third-order valence-corrected chi connectivity index (χ3v) is 4.45. The number of aryl methyl sites for hydroxylation is 1. The van der Waals surface area contributed by atoms with E-state index in [1.54, 1.807) is 6.33 Å². The number of aromatic amines is 1. The molecule has 0 aliphatic rings. The Balaban J connectivity index is 1.98. The molecule has 0 amide bonds. The first-order valence-corrected chi connectivity index (χ1v) is 7.76.